The highest BCUT2D eigenvalue weighted by Crippen LogP contribution is 2.31. The van der Waals surface area contributed by atoms with E-state index in [1.54, 1.807) is 48.5 Å². The molecule has 0 bridgehead atoms. The van der Waals surface area contributed by atoms with Crippen molar-refractivity contribution in [3.8, 4) is 0 Å². The summed E-state index contributed by atoms with van der Waals surface area (Å²) in [4.78, 5) is 37.2. The van der Waals surface area contributed by atoms with Gasteiger partial charge in [-0.05, 0) is 61.3 Å². The van der Waals surface area contributed by atoms with Crippen LogP contribution >= 0.6 is 0 Å². The molecule has 0 spiro atoms. The maximum absolute atomic E-state index is 12.6. The molecule has 0 heterocycles. The summed E-state index contributed by atoms with van der Waals surface area (Å²) in [5.41, 5.74) is -0.200. The Morgan fingerprint density at radius 3 is 2.04 bits per heavy atom. The quantitative estimate of drug-likeness (QED) is 0.736. The van der Waals surface area contributed by atoms with Gasteiger partial charge in [0.25, 0.3) is 0 Å². The molecule has 1 rings (SSSR count). The molecule has 7 nitrogen and oxygen atoms in total. The first-order valence-corrected chi connectivity index (χ1v) is 8.31. The molecule has 1 saturated carbocycles. The van der Waals surface area contributed by atoms with Crippen LogP contribution in [0.3, 0.4) is 0 Å². The van der Waals surface area contributed by atoms with Crippen LogP contribution in [0.4, 0.5) is 9.59 Å². The molecule has 1 fully saturated rings. The molecule has 1 unspecified atom stereocenters. The van der Waals surface area contributed by atoms with Gasteiger partial charge in [-0.15, -0.1) is 0 Å². The molecule has 0 aromatic heterocycles. The summed E-state index contributed by atoms with van der Waals surface area (Å²) < 4.78 is 10.6. The van der Waals surface area contributed by atoms with Crippen LogP contribution < -0.4 is 5.43 Å². The number of rotatable bonds is 1. The minimum atomic E-state index is -1.14. The number of Topliss-reactive ketones (excluding diaryl/α,β-unsaturated/α-hetero) is 1. The molecule has 24 heavy (non-hydrogen) atoms. The van der Waals surface area contributed by atoms with Crippen LogP contribution in [0, 0.1) is 0 Å². The molecular weight excluding hydrogens is 312 g/mol. The molecule has 0 aliphatic heterocycles. The van der Waals surface area contributed by atoms with Gasteiger partial charge < -0.3 is 9.47 Å². The van der Waals surface area contributed by atoms with Crippen LogP contribution in [0.15, 0.2) is 0 Å². The molecule has 1 aliphatic carbocycles. The second kappa shape index (κ2) is 6.99. The van der Waals surface area contributed by atoms with Crippen molar-refractivity contribution in [2.45, 2.75) is 90.9 Å². The smallest absolute Gasteiger partial charge is 0.430 e. The van der Waals surface area contributed by atoms with Gasteiger partial charge in [0.05, 0.1) is 0 Å². The van der Waals surface area contributed by atoms with E-state index in [1.807, 2.05) is 0 Å². The second-order valence-corrected chi connectivity index (χ2v) is 8.33. The lowest BCUT2D eigenvalue weighted by Crippen LogP contribution is -2.64. The van der Waals surface area contributed by atoms with E-state index in [0.29, 0.717) is 12.8 Å². The van der Waals surface area contributed by atoms with Crippen molar-refractivity contribution in [3.05, 3.63) is 0 Å². The Morgan fingerprint density at radius 2 is 1.58 bits per heavy atom. The Kier molecular flexibility index (Phi) is 5.90. The molecule has 0 aromatic rings. The number of carbonyl (C=O) groups excluding carboxylic acids is 3. The number of hydrogen-bond donors (Lipinski definition) is 1. The van der Waals surface area contributed by atoms with Crippen molar-refractivity contribution >= 4 is 18.0 Å². The van der Waals surface area contributed by atoms with E-state index in [-0.39, 0.29) is 5.78 Å². The van der Waals surface area contributed by atoms with E-state index in [2.05, 4.69) is 5.43 Å². The van der Waals surface area contributed by atoms with Crippen LogP contribution in [-0.4, -0.2) is 39.7 Å². The maximum Gasteiger partial charge on any atom is 0.430 e. The predicted molar refractivity (Wildman–Crippen MR) is 89.3 cm³/mol. The number of hydrazine groups is 1. The molecule has 0 saturated heterocycles. The number of ether oxygens (including phenoxy) is 2. The van der Waals surface area contributed by atoms with Gasteiger partial charge in [-0.1, -0.05) is 6.42 Å². The second-order valence-electron chi connectivity index (χ2n) is 8.33. The Balaban J connectivity index is 3.05. The standard InChI is InChI=1S/C17H30N2O5/c1-15(2,3)23-13(21)18-19(14(22)24-16(4,5)6)17(7)11-9-8-10-12(17)20/h8-11H2,1-7H3,(H,18,21). The first-order chi connectivity index (χ1) is 10.7. The molecule has 1 N–H and O–H groups in total. The molecular formula is C17H30N2O5. The fraction of sp³-hybridized carbons (Fsp3) is 0.824. The zero-order valence-corrected chi connectivity index (χ0v) is 15.8. The zero-order chi connectivity index (χ0) is 18.8. The van der Waals surface area contributed by atoms with E-state index in [4.69, 9.17) is 9.47 Å². The average Bonchev–Trinajstić information content (AvgIpc) is 2.35. The average molecular weight is 342 g/mol. The number of carbonyl (C=O) groups is 3. The third kappa shape index (κ3) is 5.69. The lowest BCUT2D eigenvalue weighted by Gasteiger charge is -2.42. The van der Waals surface area contributed by atoms with Gasteiger partial charge in [-0.2, -0.15) is 0 Å². The molecule has 7 heteroatoms. The summed E-state index contributed by atoms with van der Waals surface area (Å²) >= 11 is 0. The summed E-state index contributed by atoms with van der Waals surface area (Å²) in [5.74, 6) is -0.101. The Hall–Kier alpha value is -1.79. The van der Waals surface area contributed by atoms with Crippen molar-refractivity contribution in [2.75, 3.05) is 0 Å². The number of ketones is 1. The van der Waals surface area contributed by atoms with Crippen LogP contribution in [0.25, 0.3) is 0 Å². The largest absolute Gasteiger partial charge is 0.443 e. The fourth-order valence-corrected chi connectivity index (χ4v) is 2.47. The predicted octanol–water partition coefficient (Wildman–Crippen LogP) is 3.57. The number of nitrogens with one attached hydrogen (secondary N) is 1. The SMILES string of the molecule is CC(C)(C)OC(=O)NN(C(=O)OC(C)(C)C)C1(C)CCCCC1=O. The van der Waals surface area contributed by atoms with Crippen molar-refractivity contribution in [2.24, 2.45) is 0 Å². The Bertz CT molecular complexity index is 504. The van der Waals surface area contributed by atoms with Gasteiger partial charge >= 0.3 is 12.2 Å². The monoisotopic (exact) mass is 342 g/mol. The first kappa shape index (κ1) is 20.3. The molecule has 2 amide bonds. The molecule has 1 aliphatic rings. The summed E-state index contributed by atoms with van der Waals surface area (Å²) in [6, 6.07) is 0. The van der Waals surface area contributed by atoms with Gasteiger partial charge in [0.15, 0.2) is 5.78 Å². The van der Waals surface area contributed by atoms with E-state index in [1.165, 1.54) is 0 Å². The van der Waals surface area contributed by atoms with E-state index >= 15 is 0 Å². The Morgan fingerprint density at radius 1 is 1.04 bits per heavy atom. The lowest BCUT2D eigenvalue weighted by molar-refractivity contribution is -0.135. The van der Waals surface area contributed by atoms with Crippen molar-refractivity contribution < 1.29 is 23.9 Å². The zero-order valence-electron chi connectivity index (χ0n) is 15.8. The topological polar surface area (TPSA) is 84.9 Å². The third-order valence-corrected chi connectivity index (χ3v) is 3.59. The fourth-order valence-electron chi connectivity index (χ4n) is 2.47. The number of amides is 2. The molecule has 0 aromatic carbocycles. The first-order valence-electron chi connectivity index (χ1n) is 8.31. The Labute approximate surface area is 144 Å². The summed E-state index contributed by atoms with van der Waals surface area (Å²) in [7, 11) is 0. The van der Waals surface area contributed by atoms with Crippen LogP contribution in [0.1, 0.15) is 74.1 Å². The van der Waals surface area contributed by atoms with Gasteiger partial charge in [-0.3, -0.25) is 4.79 Å². The third-order valence-electron chi connectivity index (χ3n) is 3.59. The summed E-state index contributed by atoms with van der Waals surface area (Å²) in [6.45, 7) is 12.0. The van der Waals surface area contributed by atoms with Crippen molar-refractivity contribution in [1.82, 2.24) is 10.4 Å². The van der Waals surface area contributed by atoms with E-state index in [0.717, 1.165) is 17.9 Å². The highest BCUT2D eigenvalue weighted by atomic mass is 16.6. The minimum Gasteiger partial charge on any atom is -0.443 e. The minimum absolute atomic E-state index is 0.101. The molecule has 1 atom stereocenters. The van der Waals surface area contributed by atoms with Crippen molar-refractivity contribution in [1.29, 1.82) is 0 Å². The van der Waals surface area contributed by atoms with E-state index in [9.17, 15) is 14.4 Å². The lowest BCUT2D eigenvalue weighted by atomic mass is 9.81. The van der Waals surface area contributed by atoms with Gasteiger partial charge in [-0.25, -0.2) is 20.0 Å². The number of nitrogens with zero attached hydrogens (tertiary/aromatic N) is 1. The van der Waals surface area contributed by atoms with Crippen LogP contribution in [-0.2, 0) is 14.3 Å². The van der Waals surface area contributed by atoms with Crippen molar-refractivity contribution in [3.63, 3.8) is 0 Å². The summed E-state index contributed by atoms with van der Waals surface area (Å²) in [5, 5.41) is 0.994. The van der Waals surface area contributed by atoms with Crippen LogP contribution in [0.5, 0.6) is 0 Å². The normalized spacial score (nSPS) is 21.9. The maximum atomic E-state index is 12.6. The van der Waals surface area contributed by atoms with E-state index < -0.39 is 28.9 Å². The molecule has 138 valence electrons. The highest BCUT2D eigenvalue weighted by Gasteiger charge is 2.46. The molecule has 0 radical (unpaired) electrons. The van der Waals surface area contributed by atoms with Gasteiger partial charge in [0, 0.05) is 6.42 Å². The van der Waals surface area contributed by atoms with Gasteiger partial charge in [0.2, 0.25) is 0 Å². The highest BCUT2D eigenvalue weighted by molar-refractivity contribution is 5.92. The van der Waals surface area contributed by atoms with Gasteiger partial charge in [0.1, 0.15) is 16.7 Å². The summed E-state index contributed by atoms with van der Waals surface area (Å²) in [6.07, 6.45) is 0.826. The van der Waals surface area contributed by atoms with Crippen LogP contribution in [0.2, 0.25) is 0 Å². The number of hydrogen-bond acceptors (Lipinski definition) is 5.